The molecule has 0 aliphatic rings. The molecule has 10 heteroatoms. The summed E-state index contributed by atoms with van der Waals surface area (Å²) >= 11 is 5.94. The molecule has 0 amide bonds. The lowest BCUT2D eigenvalue weighted by Gasteiger charge is -2.02. The third kappa shape index (κ3) is 3.58. The Morgan fingerprint density at radius 1 is 1.17 bits per heavy atom. The van der Waals surface area contributed by atoms with E-state index in [2.05, 4.69) is 15.4 Å². The fraction of sp³-hybridized carbons (Fsp3) is 0.0714. The number of hydrogen-bond donors (Lipinski definition) is 1. The summed E-state index contributed by atoms with van der Waals surface area (Å²) in [5.74, 6) is -0.0458. The number of nitrogens with zero attached hydrogens (tertiary/aromatic N) is 4. The summed E-state index contributed by atoms with van der Waals surface area (Å²) < 4.78 is 35.6. The lowest BCUT2D eigenvalue weighted by atomic mass is 10.2. The van der Waals surface area contributed by atoms with Gasteiger partial charge in [0.25, 0.3) is 0 Å². The summed E-state index contributed by atoms with van der Waals surface area (Å²) in [5, 5.41) is 17.0. The van der Waals surface area contributed by atoms with Gasteiger partial charge in [-0.25, -0.2) is 17.9 Å². The maximum atomic E-state index is 12.9. The fourth-order valence-corrected chi connectivity index (χ4v) is 3.14. The molecule has 0 radical (unpaired) electrons. The smallest absolute Gasteiger partial charge is 0.225 e. The Labute approximate surface area is 141 Å². The van der Waals surface area contributed by atoms with Gasteiger partial charge in [-0.2, -0.15) is 4.80 Å². The number of hydrogen-bond acceptors (Lipinski definition) is 5. The van der Waals surface area contributed by atoms with Gasteiger partial charge in [0.1, 0.15) is 10.7 Å². The summed E-state index contributed by atoms with van der Waals surface area (Å²) in [6.07, 6.45) is 0. The quantitative estimate of drug-likeness (QED) is 0.757. The van der Waals surface area contributed by atoms with Gasteiger partial charge in [0, 0.05) is 5.56 Å². The topological polar surface area (TPSA) is 104 Å². The van der Waals surface area contributed by atoms with Gasteiger partial charge in [-0.3, -0.25) is 0 Å². The van der Waals surface area contributed by atoms with Crippen LogP contribution in [-0.4, -0.2) is 28.6 Å². The molecule has 0 bridgehead atoms. The zero-order valence-electron chi connectivity index (χ0n) is 12.1. The number of primary sulfonamides is 1. The summed E-state index contributed by atoms with van der Waals surface area (Å²) in [5.41, 5.74) is 1.31. The molecule has 2 aromatic carbocycles. The number of tetrazole rings is 1. The van der Waals surface area contributed by atoms with Crippen molar-refractivity contribution in [3.05, 3.63) is 58.9 Å². The largest absolute Gasteiger partial charge is 0.239 e. The zero-order valence-corrected chi connectivity index (χ0v) is 13.7. The van der Waals surface area contributed by atoms with Crippen LogP contribution in [0.5, 0.6) is 0 Å². The molecule has 0 atom stereocenters. The highest BCUT2D eigenvalue weighted by Gasteiger charge is 2.15. The second kappa shape index (κ2) is 6.27. The van der Waals surface area contributed by atoms with Gasteiger partial charge in [0.05, 0.1) is 11.6 Å². The summed E-state index contributed by atoms with van der Waals surface area (Å²) in [4.78, 5) is 1.16. The Bertz CT molecular complexity index is 989. The number of nitrogens with two attached hydrogens (primary N) is 1. The second-order valence-electron chi connectivity index (χ2n) is 4.96. The van der Waals surface area contributed by atoms with Crippen LogP contribution in [0.15, 0.2) is 47.4 Å². The van der Waals surface area contributed by atoms with E-state index in [1.807, 2.05) is 0 Å². The number of halogens is 2. The van der Waals surface area contributed by atoms with E-state index in [1.165, 1.54) is 35.1 Å². The first-order valence-corrected chi connectivity index (χ1v) is 8.60. The first-order chi connectivity index (χ1) is 11.3. The SMILES string of the molecule is NS(=O)(=O)c1ccc(-c2nnn(Cc3ccc(F)cc3)n2)cc1Cl. The van der Waals surface area contributed by atoms with Crippen LogP contribution in [-0.2, 0) is 16.6 Å². The molecule has 3 aromatic rings. The molecular formula is C14H11ClFN5O2S. The summed E-state index contributed by atoms with van der Waals surface area (Å²) in [6, 6.07) is 10.1. The summed E-state index contributed by atoms with van der Waals surface area (Å²) in [7, 11) is -3.90. The lowest BCUT2D eigenvalue weighted by Crippen LogP contribution is -2.12. The minimum atomic E-state index is -3.90. The van der Waals surface area contributed by atoms with E-state index in [4.69, 9.17) is 16.7 Å². The normalized spacial score (nSPS) is 11.6. The minimum absolute atomic E-state index is 0.0233. The first-order valence-electron chi connectivity index (χ1n) is 6.68. The Morgan fingerprint density at radius 2 is 1.88 bits per heavy atom. The van der Waals surface area contributed by atoms with Gasteiger partial charge in [-0.1, -0.05) is 23.7 Å². The molecule has 0 spiro atoms. The number of aromatic nitrogens is 4. The molecule has 24 heavy (non-hydrogen) atoms. The molecule has 3 rings (SSSR count). The van der Waals surface area contributed by atoms with Gasteiger partial charge in [0.15, 0.2) is 0 Å². The Kier molecular flexibility index (Phi) is 4.31. The monoisotopic (exact) mass is 367 g/mol. The van der Waals surface area contributed by atoms with Gasteiger partial charge < -0.3 is 0 Å². The molecule has 0 saturated heterocycles. The molecule has 2 N–H and O–H groups in total. The highest BCUT2D eigenvalue weighted by atomic mass is 35.5. The maximum Gasteiger partial charge on any atom is 0.239 e. The van der Waals surface area contributed by atoms with Gasteiger partial charge >= 0.3 is 0 Å². The zero-order chi connectivity index (χ0) is 17.3. The fourth-order valence-electron chi connectivity index (χ4n) is 2.05. The van der Waals surface area contributed by atoms with Crippen LogP contribution >= 0.6 is 11.6 Å². The third-order valence-electron chi connectivity index (χ3n) is 3.19. The molecule has 0 aliphatic heterocycles. The van der Waals surface area contributed by atoms with Crippen molar-refractivity contribution >= 4 is 21.6 Å². The van der Waals surface area contributed by atoms with Crippen molar-refractivity contribution in [2.75, 3.05) is 0 Å². The third-order valence-corrected chi connectivity index (χ3v) is 4.58. The Morgan fingerprint density at radius 3 is 2.50 bits per heavy atom. The van der Waals surface area contributed by atoms with Gasteiger partial charge in [0.2, 0.25) is 15.8 Å². The highest BCUT2D eigenvalue weighted by molar-refractivity contribution is 7.89. The number of benzene rings is 2. The predicted octanol–water partition coefficient (Wildman–Crippen LogP) is 1.83. The molecule has 0 aliphatic carbocycles. The number of rotatable bonds is 4. The first kappa shape index (κ1) is 16.5. The molecule has 1 heterocycles. The summed E-state index contributed by atoms with van der Waals surface area (Å²) in [6.45, 7) is 0.316. The van der Waals surface area contributed by atoms with Crippen molar-refractivity contribution in [3.63, 3.8) is 0 Å². The molecule has 0 saturated carbocycles. The van der Waals surface area contributed by atoms with E-state index in [0.29, 0.717) is 12.1 Å². The van der Waals surface area contributed by atoms with E-state index in [0.717, 1.165) is 5.56 Å². The van der Waals surface area contributed by atoms with Gasteiger partial charge in [-0.05, 0) is 41.1 Å². The van der Waals surface area contributed by atoms with E-state index >= 15 is 0 Å². The van der Waals surface area contributed by atoms with E-state index in [1.54, 1.807) is 12.1 Å². The lowest BCUT2D eigenvalue weighted by molar-refractivity contribution is 0.570. The second-order valence-corrected chi connectivity index (χ2v) is 6.90. The molecule has 124 valence electrons. The van der Waals surface area contributed by atoms with Crippen molar-refractivity contribution in [2.45, 2.75) is 11.4 Å². The van der Waals surface area contributed by atoms with Gasteiger partial charge in [-0.15, -0.1) is 10.2 Å². The van der Waals surface area contributed by atoms with E-state index < -0.39 is 10.0 Å². The Hall–Kier alpha value is -2.36. The van der Waals surface area contributed by atoms with Crippen molar-refractivity contribution in [1.82, 2.24) is 20.2 Å². The average molecular weight is 368 g/mol. The molecule has 0 unspecified atom stereocenters. The van der Waals surface area contributed by atoms with Crippen LogP contribution in [0, 0.1) is 5.82 Å². The number of sulfonamides is 1. The highest BCUT2D eigenvalue weighted by Crippen LogP contribution is 2.25. The maximum absolute atomic E-state index is 12.9. The van der Waals surface area contributed by atoms with Crippen molar-refractivity contribution in [2.24, 2.45) is 5.14 Å². The molecular weight excluding hydrogens is 357 g/mol. The van der Waals surface area contributed by atoms with Crippen LogP contribution < -0.4 is 5.14 Å². The van der Waals surface area contributed by atoms with Crippen LogP contribution in [0.2, 0.25) is 5.02 Å². The van der Waals surface area contributed by atoms with E-state index in [-0.39, 0.29) is 21.6 Å². The standard InChI is InChI=1S/C14H11ClFN5O2S/c15-12-7-10(3-6-13(12)24(17,22)23)14-18-20-21(19-14)8-9-1-4-11(16)5-2-9/h1-7H,8H2,(H2,17,22,23). The molecule has 1 aromatic heterocycles. The van der Waals surface area contributed by atoms with Crippen LogP contribution in [0.25, 0.3) is 11.4 Å². The predicted molar refractivity (Wildman–Crippen MR) is 85.1 cm³/mol. The van der Waals surface area contributed by atoms with Crippen molar-refractivity contribution in [1.29, 1.82) is 0 Å². The van der Waals surface area contributed by atoms with Crippen molar-refractivity contribution < 1.29 is 12.8 Å². The van der Waals surface area contributed by atoms with Crippen LogP contribution in [0.3, 0.4) is 0 Å². The Balaban J connectivity index is 1.85. The van der Waals surface area contributed by atoms with E-state index in [9.17, 15) is 12.8 Å². The molecule has 0 fully saturated rings. The minimum Gasteiger partial charge on any atom is -0.225 e. The van der Waals surface area contributed by atoms with Crippen molar-refractivity contribution in [3.8, 4) is 11.4 Å². The average Bonchev–Trinajstić information content (AvgIpc) is 2.97. The van der Waals surface area contributed by atoms with Crippen LogP contribution in [0.4, 0.5) is 4.39 Å². The molecule has 7 nitrogen and oxygen atoms in total. The van der Waals surface area contributed by atoms with Crippen LogP contribution in [0.1, 0.15) is 5.56 Å².